The number of hydrogen-bond acceptors (Lipinski definition) is 4. The smallest absolute Gasteiger partial charge is 0.255 e. The predicted molar refractivity (Wildman–Crippen MR) is 74.2 cm³/mol. The fourth-order valence-electron chi connectivity index (χ4n) is 2.65. The van der Waals surface area contributed by atoms with E-state index < -0.39 is 0 Å². The molecule has 6 nitrogen and oxygen atoms in total. The number of hydrazine groups is 1. The second-order valence-corrected chi connectivity index (χ2v) is 4.83. The molecule has 104 valence electrons. The Labute approximate surface area is 117 Å². The molecule has 6 heteroatoms. The number of carbonyl (C=O) groups excluding carboxylic acids is 1. The molecule has 1 amide bonds. The van der Waals surface area contributed by atoms with E-state index in [4.69, 9.17) is 5.84 Å². The Bertz CT molecular complexity index is 595. The molecule has 0 saturated heterocycles. The van der Waals surface area contributed by atoms with Crippen LogP contribution >= 0.6 is 0 Å². The van der Waals surface area contributed by atoms with Crippen LogP contribution in [0.1, 0.15) is 17.4 Å². The van der Waals surface area contributed by atoms with Gasteiger partial charge in [0.2, 0.25) is 0 Å². The molecule has 0 radical (unpaired) electrons. The first-order valence-corrected chi connectivity index (χ1v) is 6.59. The minimum atomic E-state index is -0.383. The molecule has 0 spiro atoms. The summed E-state index contributed by atoms with van der Waals surface area (Å²) in [5.74, 6) is 6.12. The number of carbonyl (C=O) groups is 1. The van der Waals surface area contributed by atoms with E-state index in [1.54, 1.807) is 6.20 Å². The summed E-state index contributed by atoms with van der Waals surface area (Å²) in [6.07, 6.45) is 3.76. The molecule has 0 aliphatic carbocycles. The average molecular weight is 271 g/mol. The van der Waals surface area contributed by atoms with Gasteiger partial charge in [-0.1, -0.05) is 30.3 Å². The fourth-order valence-corrected chi connectivity index (χ4v) is 2.65. The Hall–Kier alpha value is -2.18. The molecule has 1 aliphatic heterocycles. The zero-order valence-electron chi connectivity index (χ0n) is 11.1. The summed E-state index contributed by atoms with van der Waals surface area (Å²) < 4.78 is 2.11. The van der Waals surface area contributed by atoms with Gasteiger partial charge < -0.3 is 4.57 Å². The van der Waals surface area contributed by atoms with Gasteiger partial charge in [0.15, 0.2) is 0 Å². The van der Waals surface area contributed by atoms with Gasteiger partial charge in [-0.3, -0.25) is 15.1 Å². The monoisotopic (exact) mass is 271 g/mol. The normalized spacial score (nSPS) is 16.4. The molecular formula is C14H17N5O. The number of fused-ring (bicyclic) bond motifs is 1. The van der Waals surface area contributed by atoms with Gasteiger partial charge in [0, 0.05) is 25.5 Å². The van der Waals surface area contributed by atoms with Crippen LogP contribution in [0.3, 0.4) is 0 Å². The molecule has 3 rings (SSSR count). The SMILES string of the molecule is NNC(=O)C(c1ccccc1)N1CCn2ccnc2C1. The zero-order chi connectivity index (χ0) is 13.9. The lowest BCUT2D eigenvalue weighted by Crippen LogP contribution is -2.46. The van der Waals surface area contributed by atoms with E-state index in [0.29, 0.717) is 6.54 Å². The van der Waals surface area contributed by atoms with Crippen LogP contribution in [0.4, 0.5) is 0 Å². The largest absolute Gasteiger partial charge is 0.333 e. The Morgan fingerprint density at radius 2 is 2.10 bits per heavy atom. The van der Waals surface area contributed by atoms with E-state index in [-0.39, 0.29) is 11.9 Å². The molecule has 0 bridgehead atoms. The van der Waals surface area contributed by atoms with Crippen LogP contribution in [0.15, 0.2) is 42.7 Å². The van der Waals surface area contributed by atoms with Gasteiger partial charge in [0.25, 0.3) is 5.91 Å². The van der Waals surface area contributed by atoms with Crippen LogP contribution in [-0.2, 0) is 17.9 Å². The molecule has 1 unspecified atom stereocenters. The summed E-state index contributed by atoms with van der Waals surface area (Å²) in [6.45, 7) is 2.26. The highest BCUT2D eigenvalue weighted by molar-refractivity contribution is 5.82. The minimum Gasteiger partial charge on any atom is -0.333 e. The van der Waals surface area contributed by atoms with Crippen molar-refractivity contribution in [3.8, 4) is 0 Å². The number of rotatable bonds is 3. The molecule has 1 aromatic heterocycles. The highest BCUT2D eigenvalue weighted by Crippen LogP contribution is 2.24. The summed E-state index contributed by atoms with van der Waals surface area (Å²) in [7, 11) is 0. The van der Waals surface area contributed by atoms with Crippen molar-refractivity contribution in [3.05, 3.63) is 54.1 Å². The molecule has 3 N–H and O–H groups in total. The van der Waals surface area contributed by atoms with E-state index in [1.807, 2.05) is 36.5 Å². The number of imidazole rings is 1. The second kappa shape index (κ2) is 5.44. The predicted octanol–water partition coefficient (Wildman–Crippen LogP) is 0.430. The maximum atomic E-state index is 12.2. The van der Waals surface area contributed by atoms with Gasteiger partial charge in [-0.05, 0) is 5.56 Å². The zero-order valence-corrected chi connectivity index (χ0v) is 11.1. The molecule has 1 aliphatic rings. The fraction of sp³-hybridized carbons (Fsp3) is 0.286. The van der Waals surface area contributed by atoms with Crippen LogP contribution in [0, 0.1) is 0 Å². The number of nitrogens with zero attached hydrogens (tertiary/aromatic N) is 3. The molecule has 0 fully saturated rings. The lowest BCUT2D eigenvalue weighted by Gasteiger charge is -2.33. The van der Waals surface area contributed by atoms with Gasteiger partial charge in [0.05, 0.1) is 6.54 Å². The standard InChI is InChI=1S/C14H17N5O/c15-17-14(20)13(11-4-2-1-3-5-11)19-9-8-18-7-6-16-12(18)10-19/h1-7,13H,8-10,15H2,(H,17,20). The molecule has 1 aromatic carbocycles. The Kier molecular flexibility index (Phi) is 3.49. The lowest BCUT2D eigenvalue weighted by atomic mass is 10.0. The number of benzene rings is 1. The molecule has 20 heavy (non-hydrogen) atoms. The summed E-state index contributed by atoms with van der Waals surface area (Å²) in [6, 6.07) is 9.30. The molecule has 2 heterocycles. The highest BCUT2D eigenvalue weighted by Gasteiger charge is 2.30. The third-order valence-corrected chi connectivity index (χ3v) is 3.65. The first-order chi connectivity index (χ1) is 9.79. The van der Waals surface area contributed by atoms with Crippen molar-refractivity contribution >= 4 is 5.91 Å². The van der Waals surface area contributed by atoms with Crippen LogP contribution in [0.2, 0.25) is 0 Å². The molecule has 2 aromatic rings. The number of aromatic nitrogens is 2. The number of amides is 1. The number of nitrogens with two attached hydrogens (primary N) is 1. The summed E-state index contributed by atoms with van der Waals surface area (Å²) in [5.41, 5.74) is 3.21. The van der Waals surface area contributed by atoms with Gasteiger partial charge in [-0.25, -0.2) is 10.8 Å². The number of hydrogen-bond donors (Lipinski definition) is 2. The minimum absolute atomic E-state index is 0.198. The van der Waals surface area contributed by atoms with E-state index in [1.165, 1.54) is 0 Å². The second-order valence-electron chi connectivity index (χ2n) is 4.83. The molecule has 1 atom stereocenters. The summed E-state index contributed by atoms with van der Waals surface area (Å²) in [4.78, 5) is 18.6. The van der Waals surface area contributed by atoms with Crippen molar-refractivity contribution in [1.82, 2.24) is 19.9 Å². The first-order valence-electron chi connectivity index (χ1n) is 6.59. The van der Waals surface area contributed by atoms with Gasteiger partial charge in [-0.2, -0.15) is 0 Å². The van der Waals surface area contributed by atoms with Crippen molar-refractivity contribution in [2.75, 3.05) is 6.54 Å². The maximum Gasteiger partial charge on any atom is 0.255 e. The first kappa shape index (κ1) is 12.8. The summed E-state index contributed by atoms with van der Waals surface area (Å²) in [5, 5.41) is 0. The van der Waals surface area contributed by atoms with E-state index in [0.717, 1.165) is 24.5 Å². The van der Waals surface area contributed by atoms with Gasteiger partial charge in [-0.15, -0.1) is 0 Å². The van der Waals surface area contributed by atoms with Gasteiger partial charge in [0.1, 0.15) is 11.9 Å². The Morgan fingerprint density at radius 1 is 1.30 bits per heavy atom. The quantitative estimate of drug-likeness (QED) is 0.482. The Morgan fingerprint density at radius 3 is 2.85 bits per heavy atom. The van der Waals surface area contributed by atoms with Crippen LogP contribution in [0.5, 0.6) is 0 Å². The lowest BCUT2D eigenvalue weighted by molar-refractivity contribution is -0.127. The van der Waals surface area contributed by atoms with Crippen molar-refractivity contribution in [2.45, 2.75) is 19.1 Å². The van der Waals surface area contributed by atoms with Crippen LogP contribution < -0.4 is 11.3 Å². The van der Waals surface area contributed by atoms with E-state index >= 15 is 0 Å². The van der Waals surface area contributed by atoms with Crippen molar-refractivity contribution < 1.29 is 4.79 Å². The van der Waals surface area contributed by atoms with Crippen LogP contribution in [-0.4, -0.2) is 26.9 Å². The molecule has 0 saturated carbocycles. The highest BCUT2D eigenvalue weighted by atomic mass is 16.2. The van der Waals surface area contributed by atoms with Crippen molar-refractivity contribution in [1.29, 1.82) is 0 Å². The van der Waals surface area contributed by atoms with Gasteiger partial charge >= 0.3 is 0 Å². The third kappa shape index (κ3) is 2.31. The van der Waals surface area contributed by atoms with Crippen molar-refractivity contribution in [2.24, 2.45) is 5.84 Å². The maximum absolute atomic E-state index is 12.2. The summed E-state index contributed by atoms with van der Waals surface area (Å²) >= 11 is 0. The third-order valence-electron chi connectivity index (χ3n) is 3.65. The topological polar surface area (TPSA) is 76.2 Å². The molecular weight excluding hydrogens is 254 g/mol. The number of nitrogens with one attached hydrogen (secondary N) is 1. The van der Waals surface area contributed by atoms with Crippen molar-refractivity contribution in [3.63, 3.8) is 0 Å². The van der Waals surface area contributed by atoms with Crippen LogP contribution in [0.25, 0.3) is 0 Å². The van der Waals surface area contributed by atoms with E-state index in [2.05, 4.69) is 19.9 Å². The Balaban J connectivity index is 1.89. The average Bonchev–Trinajstić information content (AvgIpc) is 2.96. The van der Waals surface area contributed by atoms with E-state index in [9.17, 15) is 4.79 Å².